The van der Waals surface area contributed by atoms with Crippen molar-refractivity contribution in [3.63, 3.8) is 0 Å². The zero-order valence-corrected chi connectivity index (χ0v) is 24.4. The number of carbonyl (C=O) groups is 3. The molecule has 4 rings (SSSR count). The number of hydrogen-bond acceptors (Lipinski definition) is 4. The predicted octanol–water partition coefficient (Wildman–Crippen LogP) is 7.41. The fourth-order valence-corrected chi connectivity index (χ4v) is 6.33. The van der Waals surface area contributed by atoms with Gasteiger partial charge in [0.2, 0.25) is 5.91 Å². The van der Waals surface area contributed by atoms with Gasteiger partial charge in [0.25, 0.3) is 5.91 Å². The van der Waals surface area contributed by atoms with Crippen LogP contribution < -0.4 is 9.80 Å². The SMILES string of the molecule is CCN(C(=O)[C@H]1C[C@H](C)N(C(=O)c2ccc(CCCC(C)(C)C(=O)O)cc2)c2sccc21)c1ccc(Cl)cc1. The monoisotopic (exact) mass is 566 g/mol. The van der Waals surface area contributed by atoms with Crippen LogP contribution in [0.3, 0.4) is 0 Å². The van der Waals surface area contributed by atoms with E-state index in [2.05, 4.69) is 0 Å². The van der Waals surface area contributed by atoms with Crippen molar-refractivity contribution in [2.24, 2.45) is 5.41 Å². The van der Waals surface area contributed by atoms with Gasteiger partial charge >= 0.3 is 5.97 Å². The highest BCUT2D eigenvalue weighted by molar-refractivity contribution is 7.14. The van der Waals surface area contributed by atoms with Crippen LogP contribution in [0.4, 0.5) is 10.7 Å². The molecule has 0 radical (unpaired) electrons. The van der Waals surface area contributed by atoms with Crippen LogP contribution >= 0.6 is 22.9 Å². The number of carboxylic acid groups (broad SMARTS) is 1. The Balaban J connectivity index is 1.49. The van der Waals surface area contributed by atoms with E-state index in [9.17, 15) is 19.5 Å². The summed E-state index contributed by atoms with van der Waals surface area (Å²) in [5.41, 5.74) is 2.62. The van der Waals surface area contributed by atoms with Gasteiger partial charge < -0.3 is 10.0 Å². The third-order valence-corrected chi connectivity index (χ3v) is 8.75. The lowest BCUT2D eigenvalue weighted by molar-refractivity contribution is -0.147. The molecule has 39 heavy (non-hydrogen) atoms. The first-order valence-electron chi connectivity index (χ1n) is 13.3. The predicted molar refractivity (Wildman–Crippen MR) is 158 cm³/mol. The molecule has 1 N–H and O–H groups in total. The molecule has 3 aromatic rings. The molecule has 2 amide bonds. The quantitative estimate of drug-likeness (QED) is 0.292. The number of fused-ring (bicyclic) bond motifs is 1. The normalized spacial score (nSPS) is 17.0. The van der Waals surface area contributed by atoms with Gasteiger partial charge in [-0.05, 0) is 112 Å². The summed E-state index contributed by atoms with van der Waals surface area (Å²) in [7, 11) is 0. The van der Waals surface area contributed by atoms with Crippen LogP contribution in [0.25, 0.3) is 0 Å². The van der Waals surface area contributed by atoms with Crippen LogP contribution in [-0.2, 0) is 16.0 Å². The van der Waals surface area contributed by atoms with Crippen molar-refractivity contribution in [2.75, 3.05) is 16.3 Å². The molecule has 6 nitrogen and oxygen atoms in total. The number of hydrogen-bond donors (Lipinski definition) is 1. The fraction of sp³-hybridized carbons (Fsp3) is 0.387. The minimum absolute atomic E-state index is 0.0221. The maximum absolute atomic E-state index is 13.8. The molecule has 0 saturated heterocycles. The van der Waals surface area contributed by atoms with Crippen molar-refractivity contribution in [3.8, 4) is 0 Å². The fourth-order valence-electron chi connectivity index (χ4n) is 5.14. The molecule has 2 heterocycles. The highest BCUT2D eigenvalue weighted by atomic mass is 35.5. The first-order chi connectivity index (χ1) is 18.5. The Labute approximate surface area is 239 Å². The molecule has 0 fully saturated rings. The zero-order valence-electron chi connectivity index (χ0n) is 22.8. The molecule has 1 aliphatic heterocycles. The summed E-state index contributed by atoms with van der Waals surface area (Å²) in [5.74, 6) is -1.18. The molecule has 206 valence electrons. The van der Waals surface area contributed by atoms with E-state index in [-0.39, 0.29) is 23.8 Å². The summed E-state index contributed by atoms with van der Waals surface area (Å²) in [5, 5.41) is 12.7. The van der Waals surface area contributed by atoms with Crippen LogP contribution in [0.5, 0.6) is 0 Å². The summed E-state index contributed by atoms with van der Waals surface area (Å²) < 4.78 is 0. The molecular weight excluding hydrogens is 532 g/mol. The second-order valence-corrected chi connectivity index (χ2v) is 12.1. The minimum Gasteiger partial charge on any atom is -0.481 e. The number of rotatable bonds is 9. The lowest BCUT2D eigenvalue weighted by atomic mass is 9.86. The molecule has 0 saturated carbocycles. The van der Waals surface area contributed by atoms with Crippen molar-refractivity contribution in [1.82, 2.24) is 0 Å². The molecule has 2 atom stereocenters. The van der Waals surface area contributed by atoms with Crippen LogP contribution in [-0.4, -0.2) is 35.5 Å². The Kier molecular flexibility index (Phi) is 8.82. The van der Waals surface area contributed by atoms with Gasteiger partial charge in [-0.25, -0.2) is 0 Å². The van der Waals surface area contributed by atoms with Crippen LogP contribution in [0.15, 0.2) is 60.0 Å². The van der Waals surface area contributed by atoms with E-state index in [1.165, 1.54) is 11.3 Å². The largest absolute Gasteiger partial charge is 0.481 e. The van der Waals surface area contributed by atoms with Gasteiger partial charge in [0, 0.05) is 28.9 Å². The molecule has 0 spiro atoms. The number of halogens is 1. The number of nitrogens with zero attached hydrogens (tertiary/aromatic N) is 2. The molecule has 0 bridgehead atoms. The van der Waals surface area contributed by atoms with Crippen molar-refractivity contribution >= 4 is 51.4 Å². The second kappa shape index (κ2) is 11.9. The number of benzene rings is 2. The summed E-state index contributed by atoms with van der Waals surface area (Å²) in [6, 6.07) is 16.7. The van der Waals surface area contributed by atoms with E-state index in [4.69, 9.17) is 11.6 Å². The third kappa shape index (κ3) is 6.20. The topological polar surface area (TPSA) is 77.9 Å². The lowest BCUT2D eigenvalue weighted by Gasteiger charge is -2.38. The summed E-state index contributed by atoms with van der Waals surface area (Å²) >= 11 is 7.54. The van der Waals surface area contributed by atoms with E-state index >= 15 is 0 Å². The van der Waals surface area contributed by atoms with E-state index < -0.39 is 11.4 Å². The number of carbonyl (C=O) groups excluding carboxylic acids is 2. The molecule has 0 aliphatic carbocycles. The summed E-state index contributed by atoms with van der Waals surface area (Å²) in [6.45, 7) is 7.97. The lowest BCUT2D eigenvalue weighted by Crippen LogP contribution is -2.46. The Bertz CT molecular complexity index is 1330. The maximum Gasteiger partial charge on any atom is 0.309 e. The second-order valence-electron chi connectivity index (χ2n) is 10.8. The van der Waals surface area contributed by atoms with Gasteiger partial charge in [-0.1, -0.05) is 23.7 Å². The van der Waals surface area contributed by atoms with E-state index in [0.29, 0.717) is 30.0 Å². The number of aliphatic carboxylic acids is 1. The van der Waals surface area contributed by atoms with Crippen molar-refractivity contribution < 1.29 is 19.5 Å². The summed E-state index contributed by atoms with van der Waals surface area (Å²) in [6.07, 6.45) is 2.64. The Morgan fingerprint density at radius 3 is 2.36 bits per heavy atom. The molecule has 2 aromatic carbocycles. The summed E-state index contributed by atoms with van der Waals surface area (Å²) in [4.78, 5) is 42.4. The van der Waals surface area contributed by atoms with Crippen LogP contribution in [0, 0.1) is 5.41 Å². The first-order valence-corrected chi connectivity index (χ1v) is 14.6. The van der Waals surface area contributed by atoms with Gasteiger partial charge in [-0.15, -0.1) is 11.3 Å². The van der Waals surface area contributed by atoms with Crippen LogP contribution in [0.2, 0.25) is 5.02 Å². The van der Waals surface area contributed by atoms with Gasteiger partial charge in [-0.3, -0.25) is 19.3 Å². The Hall–Kier alpha value is -3.16. The molecular formula is C31H35ClN2O4S. The first kappa shape index (κ1) is 28.8. The maximum atomic E-state index is 13.8. The average molecular weight is 567 g/mol. The van der Waals surface area contributed by atoms with Crippen LogP contribution in [0.1, 0.15) is 74.4 Å². The number of thiophene rings is 1. The number of anilines is 2. The third-order valence-electron chi connectivity index (χ3n) is 7.57. The van der Waals surface area contributed by atoms with Gasteiger partial charge in [0.1, 0.15) is 5.00 Å². The average Bonchev–Trinajstić information content (AvgIpc) is 3.39. The molecule has 1 aromatic heterocycles. The minimum atomic E-state index is -0.789. The number of amides is 2. The number of aryl methyl sites for hydroxylation is 1. The van der Waals surface area contributed by atoms with Crippen molar-refractivity contribution in [2.45, 2.75) is 65.3 Å². The van der Waals surface area contributed by atoms with Crippen molar-refractivity contribution in [1.29, 1.82) is 0 Å². The number of carboxylic acids is 1. The van der Waals surface area contributed by atoms with E-state index in [1.807, 2.05) is 66.6 Å². The molecule has 1 aliphatic rings. The zero-order chi connectivity index (χ0) is 28.3. The smallest absolute Gasteiger partial charge is 0.309 e. The highest BCUT2D eigenvalue weighted by Crippen LogP contribution is 2.44. The Morgan fingerprint density at radius 1 is 1.08 bits per heavy atom. The molecule has 0 unspecified atom stereocenters. The van der Waals surface area contributed by atoms with Crippen molar-refractivity contribution in [3.05, 3.63) is 81.7 Å². The Morgan fingerprint density at radius 2 is 1.74 bits per heavy atom. The van der Waals surface area contributed by atoms with E-state index in [0.717, 1.165) is 34.7 Å². The molecule has 8 heteroatoms. The van der Waals surface area contributed by atoms with E-state index in [1.54, 1.807) is 30.9 Å². The number of likely N-dealkylation sites (N-methyl/N-ethyl adjacent to an activating group) is 1. The van der Waals surface area contributed by atoms with Gasteiger partial charge in [0.15, 0.2) is 0 Å². The highest BCUT2D eigenvalue weighted by Gasteiger charge is 2.40. The van der Waals surface area contributed by atoms with Gasteiger partial charge in [-0.2, -0.15) is 0 Å². The standard InChI is InChI=1S/C31H35ClN2O4S/c1-5-33(24-14-12-23(32)13-15-24)28(36)26-19-20(2)34(29-25(26)16-18-39-29)27(35)22-10-8-21(9-11-22)7-6-17-31(3,4)30(37)38/h8-16,18,20,26H,5-7,17,19H2,1-4H3,(H,37,38)/t20-,26-/m0/s1. The van der Waals surface area contributed by atoms with Gasteiger partial charge in [0.05, 0.1) is 11.3 Å².